The standard InChI is InChI=1S/C17H29N/c18-12-16(4-2-1-3-5-16)17-9-13-6-14(10-17)8-15(7-13)11-17/h13-15H,1-12,18H2. The lowest BCUT2D eigenvalue weighted by Crippen LogP contribution is -2.57. The zero-order chi connectivity index (χ0) is 12.2. The molecule has 0 aromatic heterocycles. The average molecular weight is 247 g/mol. The summed E-state index contributed by atoms with van der Waals surface area (Å²) in [7, 11) is 0. The van der Waals surface area contributed by atoms with E-state index < -0.39 is 0 Å². The van der Waals surface area contributed by atoms with Gasteiger partial charge in [0.1, 0.15) is 0 Å². The fourth-order valence-electron chi connectivity index (χ4n) is 6.94. The predicted molar refractivity (Wildman–Crippen MR) is 75.2 cm³/mol. The van der Waals surface area contributed by atoms with Crippen molar-refractivity contribution >= 4 is 0 Å². The van der Waals surface area contributed by atoms with E-state index >= 15 is 0 Å². The van der Waals surface area contributed by atoms with Crippen molar-refractivity contribution in [2.45, 2.75) is 70.6 Å². The lowest BCUT2D eigenvalue weighted by Gasteiger charge is -2.65. The summed E-state index contributed by atoms with van der Waals surface area (Å²) in [5, 5.41) is 0. The van der Waals surface area contributed by atoms with Crippen LogP contribution in [0.3, 0.4) is 0 Å². The molecule has 0 unspecified atom stereocenters. The van der Waals surface area contributed by atoms with E-state index in [0.717, 1.165) is 24.3 Å². The summed E-state index contributed by atoms with van der Waals surface area (Å²) < 4.78 is 0. The maximum atomic E-state index is 6.36. The third kappa shape index (κ3) is 1.49. The Morgan fingerprint density at radius 1 is 0.778 bits per heavy atom. The van der Waals surface area contributed by atoms with Gasteiger partial charge < -0.3 is 5.73 Å². The van der Waals surface area contributed by atoms with Crippen LogP contribution in [0.5, 0.6) is 0 Å². The van der Waals surface area contributed by atoms with Crippen molar-refractivity contribution in [1.82, 2.24) is 0 Å². The van der Waals surface area contributed by atoms with Crippen molar-refractivity contribution < 1.29 is 0 Å². The highest BCUT2D eigenvalue weighted by molar-refractivity contribution is 5.10. The summed E-state index contributed by atoms with van der Waals surface area (Å²) in [6.45, 7) is 0.985. The molecule has 4 bridgehead atoms. The summed E-state index contributed by atoms with van der Waals surface area (Å²) in [5.74, 6) is 3.25. The van der Waals surface area contributed by atoms with Crippen LogP contribution in [0.15, 0.2) is 0 Å². The predicted octanol–water partition coefficient (Wildman–Crippen LogP) is 4.11. The van der Waals surface area contributed by atoms with Crippen LogP contribution in [-0.4, -0.2) is 6.54 Å². The van der Waals surface area contributed by atoms with Gasteiger partial charge in [0.25, 0.3) is 0 Å². The molecule has 1 heteroatoms. The zero-order valence-corrected chi connectivity index (χ0v) is 11.8. The monoisotopic (exact) mass is 247 g/mol. The minimum absolute atomic E-state index is 0.557. The third-order valence-electron chi connectivity index (χ3n) is 7.36. The van der Waals surface area contributed by atoms with Crippen molar-refractivity contribution in [3.8, 4) is 0 Å². The quantitative estimate of drug-likeness (QED) is 0.780. The molecule has 0 spiro atoms. The van der Waals surface area contributed by atoms with Gasteiger partial charge in [-0.15, -0.1) is 0 Å². The zero-order valence-electron chi connectivity index (χ0n) is 11.8. The molecule has 5 saturated carbocycles. The summed E-state index contributed by atoms with van der Waals surface area (Å²) in [6.07, 6.45) is 16.7. The molecule has 2 N–H and O–H groups in total. The second-order valence-corrected chi connectivity index (χ2v) is 8.24. The van der Waals surface area contributed by atoms with E-state index in [0.29, 0.717) is 10.8 Å². The lowest BCUT2D eigenvalue weighted by molar-refractivity contribution is -0.141. The fourth-order valence-corrected chi connectivity index (χ4v) is 6.94. The molecule has 1 nitrogen and oxygen atoms in total. The van der Waals surface area contributed by atoms with Gasteiger partial charge in [0.05, 0.1) is 0 Å². The van der Waals surface area contributed by atoms with E-state index in [2.05, 4.69) is 0 Å². The summed E-state index contributed by atoms with van der Waals surface area (Å²) in [4.78, 5) is 0. The van der Waals surface area contributed by atoms with Gasteiger partial charge in [-0.1, -0.05) is 19.3 Å². The van der Waals surface area contributed by atoms with Gasteiger partial charge in [-0.3, -0.25) is 0 Å². The van der Waals surface area contributed by atoms with Gasteiger partial charge in [0.15, 0.2) is 0 Å². The Kier molecular flexibility index (Phi) is 2.60. The normalized spacial score (nSPS) is 49.5. The molecule has 0 amide bonds. The Morgan fingerprint density at radius 3 is 1.72 bits per heavy atom. The van der Waals surface area contributed by atoms with Gasteiger partial charge in [0.2, 0.25) is 0 Å². The first-order valence-electron chi connectivity index (χ1n) is 8.45. The molecular weight excluding hydrogens is 218 g/mol. The largest absolute Gasteiger partial charge is 0.330 e. The molecule has 18 heavy (non-hydrogen) atoms. The second-order valence-electron chi connectivity index (χ2n) is 8.24. The van der Waals surface area contributed by atoms with Crippen LogP contribution < -0.4 is 5.73 Å². The maximum absolute atomic E-state index is 6.36. The highest BCUT2D eigenvalue weighted by atomic mass is 14.7. The molecule has 5 fully saturated rings. The van der Waals surface area contributed by atoms with Crippen LogP contribution in [-0.2, 0) is 0 Å². The molecule has 102 valence electrons. The molecule has 5 rings (SSSR count). The molecule has 0 aromatic rings. The molecule has 0 aromatic carbocycles. The van der Waals surface area contributed by atoms with Crippen LogP contribution in [0.2, 0.25) is 0 Å². The average Bonchev–Trinajstić information content (AvgIpc) is 2.38. The minimum Gasteiger partial charge on any atom is -0.330 e. The Balaban J connectivity index is 1.69. The smallest absolute Gasteiger partial charge is 0.00152 e. The topological polar surface area (TPSA) is 26.0 Å². The Bertz CT molecular complexity index is 291. The first-order valence-corrected chi connectivity index (χ1v) is 8.45. The molecule has 0 heterocycles. The number of rotatable bonds is 2. The lowest BCUT2D eigenvalue weighted by atomic mass is 9.40. The van der Waals surface area contributed by atoms with E-state index in [9.17, 15) is 0 Å². The first kappa shape index (κ1) is 11.8. The highest BCUT2D eigenvalue weighted by Gasteiger charge is 2.59. The summed E-state index contributed by atoms with van der Waals surface area (Å²) in [6, 6.07) is 0. The van der Waals surface area contributed by atoms with Crippen LogP contribution in [0.25, 0.3) is 0 Å². The number of nitrogens with two attached hydrogens (primary N) is 1. The Hall–Kier alpha value is -0.0400. The van der Waals surface area contributed by atoms with Crippen molar-refractivity contribution in [3.05, 3.63) is 0 Å². The third-order valence-corrected chi connectivity index (χ3v) is 7.36. The second kappa shape index (κ2) is 3.98. The fraction of sp³-hybridized carbons (Fsp3) is 1.00. The van der Waals surface area contributed by atoms with Crippen molar-refractivity contribution in [1.29, 1.82) is 0 Å². The van der Waals surface area contributed by atoms with E-state index in [1.807, 2.05) is 0 Å². The molecule has 5 aliphatic carbocycles. The van der Waals surface area contributed by atoms with Crippen molar-refractivity contribution in [2.75, 3.05) is 6.54 Å². The molecule has 0 aliphatic heterocycles. The van der Waals surface area contributed by atoms with Crippen molar-refractivity contribution in [2.24, 2.45) is 34.3 Å². The first-order chi connectivity index (χ1) is 8.75. The minimum atomic E-state index is 0.557. The highest BCUT2D eigenvalue weighted by Crippen LogP contribution is 2.68. The number of hydrogen-bond acceptors (Lipinski definition) is 1. The Morgan fingerprint density at radius 2 is 1.28 bits per heavy atom. The molecular formula is C17H29N. The van der Waals surface area contributed by atoms with Gasteiger partial charge in [-0.2, -0.15) is 0 Å². The maximum Gasteiger partial charge on any atom is -0.00152 e. The molecule has 0 radical (unpaired) electrons. The van der Waals surface area contributed by atoms with Gasteiger partial charge >= 0.3 is 0 Å². The van der Waals surface area contributed by atoms with Gasteiger partial charge in [-0.25, -0.2) is 0 Å². The summed E-state index contributed by atoms with van der Waals surface area (Å²) in [5.41, 5.74) is 7.61. The van der Waals surface area contributed by atoms with Crippen LogP contribution >= 0.6 is 0 Å². The van der Waals surface area contributed by atoms with Crippen LogP contribution in [0.1, 0.15) is 70.6 Å². The van der Waals surface area contributed by atoms with E-state index in [1.54, 1.807) is 38.5 Å². The van der Waals surface area contributed by atoms with Gasteiger partial charge in [-0.05, 0) is 86.5 Å². The number of hydrogen-bond donors (Lipinski definition) is 1. The van der Waals surface area contributed by atoms with E-state index in [-0.39, 0.29) is 0 Å². The molecule has 0 saturated heterocycles. The van der Waals surface area contributed by atoms with Gasteiger partial charge in [0, 0.05) is 0 Å². The van der Waals surface area contributed by atoms with E-state index in [1.165, 1.54) is 32.1 Å². The summed E-state index contributed by atoms with van der Waals surface area (Å²) >= 11 is 0. The van der Waals surface area contributed by atoms with E-state index in [4.69, 9.17) is 5.73 Å². The SMILES string of the molecule is NCC1(C23CC4CC(CC(C4)C2)C3)CCCCC1. The molecule has 5 aliphatic rings. The van der Waals surface area contributed by atoms with Crippen LogP contribution in [0, 0.1) is 28.6 Å². The molecule has 0 atom stereocenters. The van der Waals surface area contributed by atoms with Crippen molar-refractivity contribution in [3.63, 3.8) is 0 Å². The Labute approximate surface area is 112 Å². The van der Waals surface area contributed by atoms with Crippen LogP contribution in [0.4, 0.5) is 0 Å².